The lowest BCUT2D eigenvalue weighted by atomic mass is 10.0. The summed E-state index contributed by atoms with van der Waals surface area (Å²) in [6.45, 7) is 4.19. The molecule has 0 fully saturated rings. The molecule has 8 heteroatoms. The Hall–Kier alpha value is -3.39. The number of rotatable bonds is 5. The van der Waals surface area contributed by atoms with Crippen molar-refractivity contribution in [3.05, 3.63) is 88.9 Å². The molecule has 0 radical (unpaired) electrons. The molecule has 0 saturated carbocycles. The van der Waals surface area contributed by atoms with E-state index in [-0.39, 0.29) is 5.91 Å². The third-order valence-electron chi connectivity index (χ3n) is 4.98. The molecule has 2 heterocycles. The topological polar surface area (TPSA) is 46.9 Å². The molecule has 0 unspecified atom stereocenters. The second-order valence-electron chi connectivity index (χ2n) is 7.58. The molecule has 32 heavy (non-hydrogen) atoms. The lowest BCUT2D eigenvalue weighted by Gasteiger charge is -2.10. The summed E-state index contributed by atoms with van der Waals surface area (Å²) in [6.07, 6.45) is -4.55. The van der Waals surface area contributed by atoms with Gasteiger partial charge in [-0.05, 0) is 65.4 Å². The second-order valence-corrected chi connectivity index (χ2v) is 8.53. The van der Waals surface area contributed by atoms with E-state index in [0.717, 1.165) is 6.07 Å². The number of carbonyl (C=O) groups excluding carboxylic acids is 1. The third kappa shape index (κ3) is 4.60. The van der Waals surface area contributed by atoms with Crippen molar-refractivity contribution in [3.8, 4) is 16.3 Å². The number of benzene rings is 2. The Bertz CT molecular complexity index is 1210. The van der Waals surface area contributed by atoms with Gasteiger partial charge in [-0.3, -0.25) is 4.79 Å². The summed E-state index contributed by atoms with van der Waals surface area (Å²) in [5.41, 5.74) is 2.04. The highest BCUT2D eigenvalue weighted by molar-refractivity contribution is 7.13. The van der Waals surface area contributed by atoms with Crippen LogP contribution in [-0.4, -0.2) is 15.7 Å². The van der Waals surface area contributed by atoms with Crippen LogP contribution in [0.4, 0.5) is 18.9 Å². The third-order valence-corrected chi connectivity index (χ3v) is 5.88. The molecule has 0 aliphatic heterocycles. The first-order chi connectivity index (χ1) is 15.2. The zero-order valence-electron chi connectivity index (χ0n) is 17.4. The van der Waals surface area contributed by atoms with Gasteiger partial charge < -0.3 is 5.32 Å². The van der Waals surface area contributed by atoms with E-state index >= 15 is 0 Å². The highest BCUT2D eigenvalue weighted by Crippen LogP contribution is 2.34. The van der Waals surface area contributed by atoms with Crippen LogP contribution in [0.3, 0.4) is 0 Å². The fourth-order valence-corrected chi connectivity index (χ4v) is 3.95. The van der Waals surface area contributed by atoms with Gasteiger partial charge in [0.05, 0.1) is 16.3 Å². The van der Waals surface area contributed by atoms with Crippen molar-refractivity contribution in [3.63, 3.8) is 0 Å². The summed E-state index contributed by atoms with van der Waals surface area (Å²) in [7, 11) is 0. The number of thiophene rings is 1. The van der Waals surface area contributed by atoms with Gasteiger partial charge in [0, 0.05) is 11.3 Å². The summed E-state index contributed by atoms with van der Waals surface area (Å²) in [4.78, 5) is 13.3. The van der Waals surface area contributed by atoms with Crippen molar-refractivity contribution >= 4 is 22.9 Å². The molecular weight excluding hydrogens is 435 g/mol. The van der Waals surface area contributed by atoms with Crippen LogP contribution in [0.5, 0.6) is 0 Å². The quantitative estimate of drug-likeness (QED) is 0.352. The molecule has 0 bridgehead atoms. The molecule has 0 spiro atoms. The number of amides is 1. The maximum absolute atomic E-state index is 13.3. The van der Waals surface area contributed by atoms with Gasteiger partial charge in [0.1, 0.15) is 0 Å². The SMILES string of the molecule is CC(C)c1ccc(NC(=O)c2ccc(-n3nc(C(F)(F)F)cc3-c3cccs3)cc2)cc1. The molecule has 4 aromatic rings. The van der Waals surface area contributed by atoms with Crippen molar-refractivity contribution in [2.24, 2.45) is 0 Å². The van der Waals surface area contributed by atoms with Gasteiger partial charge in [0.25, 0.3) is 5.91 Å². The normalized spacial score (nSPS) is 11.7. The number of aromatic nitrogens is 2. The average Bonchev–Trinajstić information content (AvgIpc) is 3.44. The van der Waals surface area contributed by atoms with Crippen LogP contribution < -0.4 is 5.32 Å². The van der Waals surface area contributed by atoms with Gasteiger partial charge in [-0.25, -0.2) is 4.68 Å². The van der Waals surface area contributed by atoms with E-state index in [0.29, 0.717) is 33.4 Å². The number of hydrogen-bond acceptors (Lipinski definition) is 3. The molecule has 0 atom stereocenters. The van der Waals surface area contributed by atoms with Crippen LogP contribution in [0.1, 0.15) is 41.4 Å². The summed E-state index contributed by atoms with van der Waals surface area (Å²) >= 11 is 1.33. The van der Waals surface area contributed by atoms with E-state index in [4.69, 9.17) is 0 Å². The molecule has 0 saturated heterocycles. The molecule has 1 N–H and O–H groups in total. The minimum absolute atomic E-state index is 0.302. The van der Waals surface area contributed by atoms with E-state index < -0.39 is 11.9 Å². The minimum atomic E-state index is -4.55. The van der Waals surface area contributed by atoms with Crippen molar-refractivity contribution in [2.75, 3.05) is 5.32 Å². The zero-order valence-corrected chi connectivity index (χ0v) is 18.2. The molecule has 4 nitrogen and oxygen atoms in total. The first-order valence-corrected chi connectivity index (χ1v) is 10.8. The minimum Gasteiger partial charge on any atom is -0.322 e. The predicted molar refractivity (Wildman–Crippen MR) is 120 cm³/mol. The van der Waals surface area contributed by atoms with E-state index in [1.807, 2.05) is 24.3 Å². The van der Waals surface area contributed by atoms with Crippen molar-refractivity contribution < 1.29 is 18.0 Å². The Kier molecular flexibility index (Phi) is 5.88. The Morgan fingerprint density at radius 1 is 1.03 bits per heavy atom. The molecule has 0 aliphatic rings. The lowest BCUT2D eigenvalue weighted by molar-refractivity contribution is -0.141. The van der Waals surface area contributed by atoms with Crippen molar-refractivity contribution in [1.82, 2.24) is 9.78 Å². The van der Waals surface area contributed by atoms with Crippen molar-refractivity contribution in [1.29, 1.82) is 0 Å². The fourth-order valence-electron chi connectivity index (χ4n) is 3.22. The van der Waals surface area contributed by atoms with Gasteiger partial charge in [0.2, 0.25) is 0 Å². The summed E-state index contributed by atoms with van der Waals surface area (Å²) in [5.74, 6) is 0.0929. The van der Waals surface area contributed by atoms with Crippen LogP contribution in [0, 0.1) is 0 Å². The van der Waals surface area contributed by atoms with E-state index in [1.165, 1.54) is 21.6 Å². The van der Waals surface area contributed by atoms with Crippen LogP contribution in [0.25, 0.3) is 16.3 Å². The van der Waals surface area contributed by atoms with Gasteiger partial charge in [0.15, 0.2) is 5.69 Å². The largest absolute Gasteiger partial charge is 0.435 e. The molecule has 2 aromatic carbocycles. The maximum Gasteiger partial charge on any atom is 0.435 e. The van der Waals surface area contributed by atoms with Crippen LogP contribution in [0.2, 0.25) is 0 Å². The first kappa shape index (κ1) is 21.8. The number of nitrogens with one attached hydrogen (secondary N) is 1. The summed E-state index contributed by atoms with van der Waals surface area (Å²) < 4.78 is 41.0. The number of hydrogen-bond donors (Lipinski definition) is 1. The lowest BCUT2D eigenvalue weighted by Crippen LogP contribution is -2.12. The van der Waals surface area contributed by atoms with E-state index in [1.54, 1.807) is 41.8 Å². The fraction of sp³-hybridized carbons (Fsp3) is 0.167. The Labute approximate surface area is 187 Å². The first-order valence-electron chi connectivity index (χ1n) is 9.95. The van der Waals surface area contributed by atoms with Crippen LogP contribution >= 0.6 is 11.3 Å². The standard InChI is InChI=1S/C24H20F3N3OS/c1-15(2)16-5-9-18(10-6-16)28-23(31)17-7-11-19(12-8-17)30-20(21-4-3-13-32-21)14-22(29-30)24(25,26)27/h3-15H,1-2H3,(H,28,31). The molecule has 164 valence electrons. The smallest absolute Gasteiger partial charge is 0.322 e. The molecule has 1 amide bonds. The summed E-state index contributed by atoms with van der Waals surface area (Å²) in [5, 5.41) is 8.40. The number of anilines is 1. The van der Waals surface area contributed by atoms with Crippen LogP contribution in [-0.2, 0) is 6.18 Å². The highest BCUT2D eigenvalue weighted by atomic mass is 32.1. The Morgan fingerprint density at radius 3 is 2.28 bits per heavy atom. The maximum atomic E-state index is 13.3. The number of nitrogens with zero attached hydrogens (tertiary/aromatic N) is 2. The van der Waals surface area contributed by atoms with Gasteiger partial charge in [-0.2, -0.15) is 18.3 Å². The molecular formula is C24H20F3N3OS. The average molecular weight is 456 g/mol. The van der Waals surface area contributed by atoms with E-state index in [2.05, 4.69) is 24.3 Å². The van der Waals surface area contributed by atoms with Gasteiger partial charge >= 0.3 is 6.18 Å². The number of halogens is 3. The summed E-state index contributed by atoms with van der Waals surface area (Å²) in [6, 6.07) is 18.5. The molecule has 4 rings (SSSR count). The molecule has 0 aliphatic carbocycles. The molecule has 2 aromatic heterocycles. The highest BCUT2D eigenvalue weighted by Gasteiger charge is 2.35. The van der Waals surface area contributed by atoms with E-state index in [9.17, 15) is 18.0 Å². The van der Waals surface area contributed by atoms with Gasteiger partial charge in [-0.15, -0.1) is 11.3 Å². The monoisotopic (exact) mass is 455 g/mol. The second kappa shape index (κ2) is 8.63. The zero-order chi connectivity index (χ0) is 22.9. The van der Waals surface area contributed by atoms with Crippen LogP contribution in [0.15, 0.2) is 72.1 Å². The number of carbonyl (C=O) groups is 1. The predicted octanol–water partition coefficient (Wildman–Crippen LogP) is 7.00. The Balaban J connectivity index is 1.58. The van der Waals surface area contributed by atoms with Gasteiger partial charge in [-0.1, -0.05) is 32.0 Å². The number of alkyl halides is 3. The Morgan fingerprint density at radius 2 is 1.72 bits per heavy atom. The van der Waals surface area contributed by atoms with Crippen molar-refractivity contribution in [2.45, 2.75) is 25.9 Å².